The Labute approximate surface area is 117 Å². The van der Waals surface area contributed by atoms with E-state index in [4.69, 9.17) is 0 Å². The second-order valence-corrected chi connectivity index (χ2v) is 4.35. The summed E-state index contributed by atoms with van der Waals surface area (Å²) in [4.78, 5) is 15.1. The summed E-state index contributed by atoms with van der Waals surface area (Å²) in [6, 6.07) is 3.67. The van der Waals surface area contributed by atoms with Gasteiger partial charge in [-0.1, -0.05) is 12.1 Å². The number of hydrogen-bond acceptors (Lipinski definition) is 2. The summed E-state index contributed by atoms with van der Waals surface area (Å²) in [7, 11) is 1.58. The van der Waals surface area contributed by atoms with Crippen LogP contribution in [0.1, 0.15) is 17.4 Å². The van der Waals surface area contributed by atoms with Gasteiger partial charge in [0.2, 0.25) is 0 Å². The number of carbonyl (C=O) groups is 1. The zero-order valence-corrected chi connectivity index (χ0v) is 10.9. The van der Waals surface area contributed by atoms with Gasteiger partial charge in [0.15, 0.2) is 0 Å². The molecule has 1 atom stereocenters. The van der Waals surface area contributed by atoms with Gasteiger partial charge in [-0.2, -0.15) is 13.2 Å². The molecule has 0 radical (unpaired) electrons. The molecule has 2 aromatic rings. The maximum absolute atomic E-state index is 12.9. The van der Waals surface area contributed by atoms with E-state index in [0.717, 1.165) is 12.1 Å². The van der Waals surface area contributed by atoms with E-state index in [1.54, 1.807) is 7.05 Å². The largest absolute Gasteiger partial charge is 0.471 e. The molecule has 4 nitrogen and oxygen atoms in total. The Hall–Kier alpha value is -2.38. The predicted octanol–water partition coefficient (Wildman–Crippen LogP) is 2.33. The van der Waals surface area contributed by atoms with E-state index < -0.39 is 23.9 Å². The molecule has 0 saturated carbocycles. The Morgan fingerprint density at radius 2 is 1.90 bits per heavy atom. The number of nitrogens with zero attached hydrogens (tertiary/aromatic N) is 2. The SMILES string of the molecule is Cn1ccnc1C(NC(=O)C(F)(F)F)c1ccc(F)cc1. The molecule has 0 bridgehead atoms. The topological polar surface area (TPSA) is 46.9 Å². The van der Waals surface area contributed by atoms with Crippen molar-refractivity contribution in [2.45, 2.75) is 12.2 Å². The van der Waals surface area contributed by atoms with Crippen LogP contribution in [0, 0.1) is 5.82 Å². The van der Waals surface area contributed by atoms with E-state index in [2.05, 4.69) is 4.98 Å². The highest BCUT2D eigenvalue weighted by Crippen LogP contribution is 2.23. The van der Waals surface area contributed by atoms with E-state index in [-0.39, 0.29) is 5.82 Å². The molecule has 1 aromatic heterocycles. The van der Waals surface area contributed by atoms with Crippen LogP contribution in [0.15, 0.2) is 36.7 Å². The second-order valence-electron chi connectivity index (χ2n) is 4.35. The lowest BCUT2D eigenvalue weighted by molar-refractivity contribution is -0.174. The minimum Gasteiger partial charge on any atom is -0.336 e. The fourth-order valence-corrected chi connectivity index (χ4v) is 1.82. The van der Waals surface area contributed by atoms with Crippen molar-refractivity contribution in [1.29, 1.82) is 0 Å². The quantitative estimate of drug-likeness (QED) is 0.885. The monoisotopic (exact) mass is 301 g/mol. The van der Waals surface area contributed by atoms with Crippen molar-refractivity contribution < 1.29 is 22.4 Å². The summed E-state index contributed by atoms with van der Waals surface area (Å²) in [5, 5.41) is 1.87. The molecule has 0 aliphatic carbocycles. The van der Waals surface area contributed by atoms with Gasteiger partial charge in [-0.15, -0.1) is 0 Å². The number of nitrogens with one attached hydrogen (secondary N) is 1. The average Bonchev–Trinajstić information content (AvgIpc) is 2.82. The Bertz CT molecular complexity index is 634. The van der Waals surface area contributed by atoms with Crippen LogP contribution in [0.5, 0.6) is 0 Å². The fourth-order valence-electron chi connectivity index (χ4n) is 1.82. The lowest BCUT2D eigenvalue weighted by Gasteiger charge is -2.20. The number of halogens is 4. The van der Waals surface area contributed by atoms with Gasteiger partial charge in [-0.3, -0.25) is 4.79 Å². The molecule has 0 fully saturated rings. The first-order valence-electron chi connectivity index (χ1n) is 5.89. The maximum Gasteiger partial charge on any atom is 0.471 e. The Morgan fingerprint density at radius 1 is 1.29 bits per heavy atom. The van der Waals surface area contributed by atoms with E-state index in [9.17, 15) is 22.4 Å². The Morgan fingerprint density at radius 3 is 2.38 bits per heavy atom. The molecule has 21 heavy (non-hydrogen) atoms. The number of aromatic nitrogens is 2. The zero-order valence-electron chi connectivity index (χ0n) is 10.9. The van der Waals surface area contributed by atoms with Crippen molar-refractivity contribution in [1.82, 2.24) is 14.9 Å². The van der Waals surface area contributed by atoms with Crippen molar-refractivity contribution in [3.63, 3.8) is 0 Å². The van der Waals surface area contributed by atoms with E-state index in [1.807, 2.05) is 5.32 Å². The van der Waals surface area contributed by atoms with Gasteiger partial charge in [0.1, 0.15) is 17.7 Å². The van der Waals surface area contributed by atoms with Gasteiger partial charge in [0, 0.05) is 19.4 Å². The van der Waals surface area contributed by atoms with Crippen LogP contribution in [0.4, 0.5) is 17.6 Å². The molecule has 0 spiro atoms. The van der Waals surface area contributed by atoms with Crippen LogP contribution >= 0.6 is 0 Å². The minimum atomic E-state index is -5.01. The number of carbonyl (C=O) groups excluding carboxylic acids is 1. The van der Waals surface area contributed by atoms with Gasteiger partial charge in [0.05, 0.1) is 0 Å². The standard InChI is InChI=1S/C13H11F4N3O/c1-20-7-6-18-11(20)10(19-12(21)13(15,16)17)8-2-4-9(14)5-3-8/h2-7,10H,1H3,(H,19,21). The fraction of sp³-hybridized carbons (Fsp3) is 0.231. The first kappa shape index (κ1) is 15.0. The van der Waals surface area contributed by atoms with Crippen molar-refractivity contribution in [2.75, 3.05) is 0 Å². The minimum absolute atomic E-state index is 0.208. The van der Waals surface area contributed by atoms with Crippen LogP contribution in [0.2, 0.25) is 0 Å². The molecule has 2 rings (SSSR count). The van der Waals surface area contributed by atoms with Gasteiger partial charge in [-0.05, 0) is 17.7 Å². The number of alkyl halides is 3. The molecule has 1 amide bonds. The van der Waals surface area contributed by atoms with Gasteiger partial charge in [-0.25, -0.2) is 9.37 Å². The number of rotatable bonds is 3. The summed E-state index contributed by atoms with van der Waals surface area (Å²) >= 11 is 0. The summed E-state index contributed by atoms with van der Waals surface area (Å²) in [5.41, 5.74) is 0.295. The van der Waals surface area contributed by atoms with Crippen molar-refractivity contribution >= 4 is 5.91 Å². The molecule has 0 saturated heterocycles. The summed E-state index contributed by atoms with van der Waals surface area (Å²) in [6.07, 6.45) is -2.08. The molecule has 112 valence electrons. The lowest BCUT2D eigenvalue weighted by atomic mass is 10.1. The van der Waals surface area contributed by atoms with Crippen LogP contribution in [-0.2, 0) is 11.8 Å². The molecule has 1 heterocycles. The Kier molecular flexibility index (Phi) is 3.97. The maximum atomic E-state index is 12.9. The van der Waals surface area contributed by atoms with Gasteiger partial charge in [0.25, 0.3) is 0 Å². The van der Waals surface area contributed by atoms with Crippen LogP contribution in [-0.4, -0.2) is 21.6 Å². The first-order chi connectivity index (χ1) is 9.79. The predicted molar refractivity (Wildman–Crippen MR) is 65.6 cm³/mol. The number of amides is 1. The highest BCUT2D eigenvalue weighted by atomic mass is 19.4. The summed E-state index contributed by atoms with van der Waals surface area (Å²) in [5.74, 6) is -2.40. The summed E-state index contributed by atoms with van der Waals surface area (Å²) < 4.78 is 51.7. The molecular weight excluding hydrogens is 290 g/mol. The zero-order chi connectivity index (χ0) is 15.6. The third-order valence-electron chi connectivity index (χ3n) is 2.85. The van der Waals surface area contributed by atoms with Crippen LogP contribution < -0.4 is 5.32 Å². The molecule has 0 aliphatic heterocycles. The second kappa shape index (κ2) is 5.55. The number of hydrogen-bond donors (Lipinski definition) is 1. The summed E-state index contributed by atoms with van der Waals surface area (Å²) in [6.45, 7) is 0. The highest BCUT2D eigenvalue weighted by molar-refractivity contribution is 5.82. The molecule has 8 heteroatoms. The highest BCUT2D eigenvalue weighted by Gasteiger charge is 2.40. The van der Waals surface area contributed by atoms with Crippen LogP contribution in [0.25, 0.3) is 0 Å². The van der Waals surface area contributed by atoms with E-state index >= 15 is 0 Å². The number of aryl methyl sites for hydroxylation is 1. The number of benzene rings is 1. The van der Waals surface area contributed by atoms with Crippen LogP contribution in [0.3, 0.4) is 0 Å². The smallest absolute Gasteiger partial charge is 0.336 e. The number of imidazole rings is 1. The normalized spacial score (nSPS) is 13.0. The molecule has 1 unspecified atom stereocenters. The first-order valence-corrected chi connectivity index (χ1v) is 5.89. The van der Waals surface area contributed by atoms with Crippen molar-refractivity contribution in [2.24, 2.45) is 7.05 Å². The average molecular weight is 301 g/mol. The molecule has 0 aliphatic rings. The van der Waals surface area contributed by atoms with E-state index in [0.29, 0.717) is 5.56 Å². The van der Waals surface area contributed by atoms with Gasteiger partial charge >= 0.3 is 12.1 Å². The van der Waals surface area contributed by atoms with Crippen molar-refractivity contribution in [3.05, 3.63) is 53.9 Å². The van der Waals surface area contributed by atoms with Gasteiger partial charge < -0.3 is 9.88 Å². The van der Waals surface area contributed by atoms with Crippen molar-refractivity contribution in [3.8, 4) is 0 Å². The molecule has 1 N–H and O–H groups in total. The third-order valence-corrected chi connectivity index (χ3v) is 2.85. The molecular formula is C13H11F4N3O. The lowest BCUT2D eigenvalue weighted by Crippen LogP contribution is -2.40. The van der Waals surface area contributed by atoms with E-state index in [1.165, 1.54) is 29.1 Å². The Balaban J connectivity index is 2.38. The molecule has 1 aromatic carbocycles. The third kappa shape index (κ3) is 3.39.